The zero-order valence-corrected chi connectivity index (χ0v) is 19.9. The van der Waals surface area contributed by atoms with Crippen LogP contribution in [-0.4, -0.2) is 43.9 Å². The van der Waals surface area contributed by atoms with Crippen LogP contribution < -0.4 is 4.90 Å². The van der Waals surface area contributed by atoms with Crippen LogP contribution in [0.25, 0.3) is 0 Å². The van der Waals surface area contributed by atoms with Crippen molar-refractivity contribution in [2.75, 3.05) is 31.1 Å². The highest BCUT2D eigenvalue weighted by Gasteiger charge is 2.34. The number of hydrogen-bond acceptors (Lipinski definition) is 5. The molecule has 1 aliphatic heterocycles. The first-order chi connectivity index (χ1) is 15.6. The summed E-state index contributed by atoms with van der Waals surface area (Å²) in [6.45, 7) is 5.40. The van der Waals surface area contributed by atoms with Crippen molar-refractivity contribution in [3.05, 3.63) is 75.8 Å². The van der Waals surface area contributed by atoms with Crippen LogP contribution in [0.3, 0.4) is 0 Å². The summed E-state index contributed by atoms with van der Waals surface area (Å²) in [4.78, 5) is 6.42. The molecule has 0 unspecified atom stereocenters. The summed E-state index contributed by atoms with van der Waals surface area (Å²) in [6, 6.07) is 10.1. The highest BCUT2D eigenvalue weighted by Crippen LogP contribution is 2.32. The summed E-state index contributed by atoms with van der Waals surface area (Å²) in [6.07, 6.45) is -3.86. The molecule has 0 aliphatic carbocycles. The van der Waals surface area contributed by atoms with Gasteiger partial charge in [-0.15, -0.1) is 11.3 Å². The predicted molar refractivity (Wildman–Crippen MR) is 123 cm³/mol. The molecule has 3 aromatic rings. The molecule has 176 valence electrons. The smallest absolute Gasteiger partial charge is 0.345 e. The van der Waals surface area contributed by atoms with Crippen molar-refractivity contribution < 1.29 is 21.6 Å². The number of benzene rings is 2. The minimum Gasteiger partial charge on any atom is -0.345 e. The van der Waals surface area contributed by atoms with Gasteiger partial charge in [0, 0.05) is 38.0 Å². The second kappa shape index (κ2) is 9.08. The van der Waals surface area contributed by atoms with Crippen LogP contribution >= 0.6 is 11.3 Å². The monoisotopic (exact) mass is 495 g/mol. The first kappa shape index (κ1) is 23.7. The molecule has 10 heteroatoms. The quantitative estimate of drug-likeness (QED) is 0.506. The predicted octanol–water partition coefficient (Wildman–Crippen LogP) is 4.88. The number of thiazole rings is 1. The highest BCUT2D eigenvalue weighted by atomic mass is 32.2. The number of piperazine rings is 1. The van der Waals surface area contributed by atoms with Gasteiger partial charge < -0.3 is 4.90 Å². The van der Waals surface area contributed by atoms with E-state index in [9.17, 15) is 21.6 Å². The minimum atomic E-state index is -4.59. The molecule has 4 rings (SSSR count). The van der Waals surface area contributed by atoms with Gasteiger partial charge in [-0.2, -0.15) is 17.5 Å². The Kier molecular flexibility index (Phi) is 6.52. The van der Waals surface area contributed by atoms with Crippen molar-refractivity contribution in [1.82, 2.24) is 9.29 Å². The van der Waals surface area contributed by atoms with E-state index in [-0.39, 0.29) is 18.0 Å². The number of alkyl halides is 3. The van der Waals surface area contributed by atoms with E-state index >= 15 is 0 Å². The molecule has 33 heavy (non-hydrogen) atoms. The summed E-state index contributed by atoms with van der Waals surface area (Å²) in [7, 11) is -4.01. The summed E-state index contributed by atoms with van der Waals surface area (Å²) in [5.41, 5.74) is 3.70. The second-order valence-corrected chi connectivity index (χ2v) is 10.8. The third-order valence-electron chi connectivity index (χ3n) is 5.94. The molecule has 0 spiro atoms. The maximum absolute atomic E-state index is 13.0. The Labute approximate surface area is 195 Å². The standard InChI is InChI=1S/C23H24F3N3O2S2/c1-16-5-3-6-18(17(16)2)13-20-15-32-22(27-20)28-9-11-29(12-10-28)33(30,31)21-8-4-7-19(14-21)23(24,25)26/h3-8,14-15H,9-13H2,1-2H3. The molecule has 0 N–H and O–H groups in total. The van der Waals surface area contributed by atoms with Gasteiger partial charge in [0.1, 0.15) is 0 Å². The molecule has 1 saturated heterocycles. The molecule has 1 aliphatic rings. The largest absolute Gasteiger partial charge is 0.416 e. The van der Waals surface area contributed by atoms with E-state index in [4.69, 9.17) is 4.98 Å². The van der Waals surface area contributed by atoms with E-state index in [1.807, 2.05) is 16.3 Å². The van der Waals surface area contributed by atoms with Crippen molar-refractivity contribution >= 4 is 26.5 Å². The number of aryl methyl sites for hydroxylation is 1. The Morgan fingerprint density at radius 1 is 1.03 bits per heavy atom. The lowest BCUT2D eigenvalue weighted by Gasteiger charge is -2.33. The fourth-order valence-corrected chi connectivity index (χ4v) is 6.17. The van der Waals surface area contributed by atoms with Crippen LogP contribution in [0.5, 0.6) is 0 Å². The first-order valence-corrected chi connectivity index (χ1v) is 12.8. The lowest BCUT2D eigenvalue weighted by atomic mass is 10.0. The zero-order chi connectivity index (χ0) is 23.8. The van der Waals surface area contributed by atoms with Crippen LogP contribution in [0.4, 0.5) is 18.3 Å². The van der Waals surface area contributed by atoms with Crippen molar-refractivity contribution in [2.24, 2.45) is 0 Å². The minimum absolute atomic E-state index is 0.185. The molecular formula is C23H24F3N3O2S2. The molecule has 0 radical (unpaired) electrons. The molecule has 5 nitrogen and oxygen atoms in total. The Hall–Kier alpha value is -2.43. The normalized spacial score (nSPS) is 15.7. The van der Waals surface area contributed by atoms with Crippen molar-refractivity contribution in [2.45, 2.75) is 31.3 Å². The van der Waals surface area contributed by atoms with Crippen molar-refractivity contribution in [3.63, 3.8) is 0 Å². The lowest BCUT2D eigenvalue weighted by Crippen LogP contribution is -2.48. The highest BCUT2D eigenvalue weighted by molar-refractivity contribution is 7.89. The van der Waals surface area contributed by atoms with Gasteiger partial charge in [-0.25, -0.2) is 13.4 Å². The van der Waals surface area contributed by atoms with Gasteiger partial charge >= 0.3 is 6.18 Å². The van der Waals surface area contributed by atoms with Crippen molar-refractivity contribution in [1.29, 1.82) is 0 Å². The molecule has 2 aromatic carbocycles. The third kappa shape index (κ3) is 5.07. The van der Waals surface area contributed by atoms with Crippen LogP contribution in [0.15, 0.2) is 52.7 Å². The fourth-order valence-electron chi connectivity index (χ4n) is 3.82. The van der Waals surface area contributed by atoms with Gasteiger partial charge in [-0.3, -0.25) is 0 Å². The third-order valence-corrected chi connectivity index (χ3v) is 8.78. The van der Waals surface area contributed by atoms with Gasteiger partial charge in [-0.05, 0) is 48.7 Å². The van der Waals surface area contributed by atoms with Gasteiger partial charge in [0.15, 0.2) is 5.13 Å². The Morgan fingerprint density at radius 2 is 1.73 bits per heavy atom. The SMILES string of the molecule is Cc1cccc(Cc2csc(N3CCN(S(=O)(=O)c4cccc(C(F)(F)F)c4)CC3)n2)c1C. The van der Waals surface area contributed by atoms with Crippen molar-refractivity contribution in [3.8, 4) is 0 Å². The average Bonchev–Trinajstić information content (AvgIpc) is 3.25. The topological polar surface area (TPSA) is 53.5 Å². The number of hydrogen-bond donors (Lipinski definition) is 0. The second-order valence-electron chi connectivity index (χ2n) is 8.07. The van der Waals surface area contributed by atoms with E-state index in [1.165, 1.54) is 38.4 Å². The number of nitrogens with zero attached hydrogens (tertiary/aromatic N) is 3. The Balaban J connectivity index is 1.43. The fraction of sp³-hybridized carbons (Fsp3) is 0.348. The van der Waals surface area contributed by atoms with Crippen LogP contribution in [0, 0.1) is 13.8 Å². The van der Waals surface area contributed by atoms with E-state index in [1.54, 1.807) is 0 Å². The first-order valence-electron chi connectivity index (χ1n) is 10.5. The molecule has 0 bridgehead atoms. The maximum Gasteiger partial charge on any atom is 0.416 e. The lowest BCUT2D eigenvalue weighted by molar-refractivity contribution is -0.137. The maximum atomic E-state index is 13.0. The summed E-state index contributed by atoms with van der Waals surface area (Å²) in [5, 5.41) is 2.84. The summed E-state index contributed by atoms with van der Waals surface area (Å²) >= 11 is 1.52. The molecular weight excluding hydrogens is 471 g/mol. The Morgan fingerprint density at radius 3 is 2.42 bits per heavy atom. The molecule has 1 fully saturated rings. The van der Waals surface area contributed by atoms with Crippen LogP contribution in [0.2, 0.25) is 0 Å². The summed E-state index contributed by atoms with van der Waals surface area (Å²) < 4.78 is 66.0. The molecule has 0 atom stereocenters. The number of halogens is 3. The zero-order valence-electron chi connectivity index (χ0n) is 18.3. The van der Waals surface area contributed by atoms with E-state index in [0.29, 0.717) is 19.2 Å². The van der Waals surface area contributed by atoms with E-state index < -0.39 is 21.8 Å². The van der Waals surface area contributed by atoms with Crippen LogP contribution in [-0.2, 0) is 22.6 Å². The van der Waals surface area contributed by atoms with E-state index in [0.717, 1.165) is 29.4 Å². The van der Waals surface area contributed by atoms with Gasteiger partial charge in [-0.1, -0.05) is 24.3 Å². The molecule has 0 amide bonds. The number of aromatic nitrogens is 1. The van der Waals surface area contributed by atoms with Crippen LogP contribution in [0.1, 0.15) is 27.9 Å². The van der Waals surface area contributed by atoms with Gasteiger partial charge in [0.25, 0.3) is 0 Å². The number of rotatable bonds is 5. The average molecular weight is 496 g/mol. The molecule has 1 aromatic heterocycles. The number of sulfonamides is 1. The van der Waals surface area contributed by atoms with E-state index in [2.05, 4.69) is 26.0 Å². The van der Waals surface area contributed by atoms with Gasteiger partial charge in [0.2, 0.25) is 10.0 Å². The van der Waals surface area contributed by atoms with Gasteiger partial charge in [0.05, 0.1) is 16.2 Å². The molecule has 2 heterocycles. The Bertz CT molecular complexity index is 1250. The molecule has 0 saturated carbocycles. The summed E-state index contributed by atoms with van der Waals surface area (Å²) in [5.74, 6) is 0. The number of anilines is 1.